The van der Waals surface area contributed by atoms with Gasteiger partial charge in [-0.25, -0.2) is 9.59 Å². The van der Waals surface area contributed by atoms with Crippen LogP contribution < -0.4 is 24.3 Å². The first-order valence-electron chi connectivity index (χ1n) is 27.9. The lowest BCUT2D eigenvalue weighted by Gasteiger charge is -2.73. The van der Waals surface area contributed by atoms with Gasteiger partial charge in [0.15, 0.2) is 28.5 Å². The molecule has 424 valence electrons. The summed E-state index contributed by atoms with van der Waals surface area (Å²) in [5.74, 6) is -4.52. The average molecular weight is 1100 g/mol. The van der Waals surface area contributed by atoms with Gasteiger partial charge >= 0.3 is 11.9 Å². The van der Waals surface area contributed by atoms with Crippen molar-refractivity contribution in [3.63, 3.8) is 0 Å². The van der Waals surface area contributed by atoms with E-state index in [-0.39, 0.29) is 52.9 Å². The molecule has 3 aromatic rings. The van der Waals surface area contributed by atoms with E-state index in [1.165, 1.54) is 31.4 Å². The summed E-state index contributed by atoms with van der Waals surface area (Å²) in [7, 11) is 1.27. The summed E-state index contributed by atoms with van der Waals surface area (Å²) in [5.41, 5.74) is -0.157. The molecule has 9 aliphatic rings. The fourth-order valence-electron chi connectivity index (χ4n) is 14.5. The normalized spacial score (nSPS) is 33.1. The average Bonchev–Trinajstić information content (AvgIpc) is 3.84. The molecule has 2 saturated heterocycles. The molecule has 12 rings (SSSR count). The van der Waals surface area contributed by atoms with Crippen LogP contribution in [0.3, 0.4) is 0 Å². The number of hydrogen-bond donors (Lipinski definition) is 6. The van der Waals surface area contributed by atoms with E-state index in [9.17, 15) is 30.3 Å². The molecule has 0 amide bonds. The lowest BCUT2D eigenvalue weighted by Crippen LogP contribution is -2.86. The first-order chi connectivity index (χ1) is 38.1. The SMILES string of the molecule is COC(=O)/C(C)=C\CC1(O)C(=O)C2CC(C(C)C)C13Oc1c(CC=C(C)C)c4c(c(OC(=O)c5ccc(O[C@H]6O[C@@H](CO)[C@H](O)[C@@H](O)[C@@H]6O)cc5)c1C15NCCN1C1=C(C(=O)c6ccccc61)C2C53)C=CC(C)(CCC=C(C)C)O4. The van der Waals surface area contributed by atoms with Crippen LogP contribution in [0, 0.1) is 29.6 Å². The van der Waals surface area contributed by atoms with E-state index in [1.807, 2.05) is 71.0 Å². The Morgan fingerprint density at radius 3 is 2.30 bits per heavy atom. The summed E-state index contributed by atoms with van der Waals surface area (Å²) >= 11 is 0. The zero-order valence-corrected chi connectivity index (χ0v) is 46.7. The number of benzene rings is 3. The Morgan fingerprint density at radius 1 is 0.912 bits per heavy atom. The Morgan fingerprint density at radius 2 is 1.62 bits per heavy atom. The molecular weight excluding hydrogens is 1020 g/mol. The predicted octanol–water partition coefficient (Wildman–Crippen LogP) is 6.66. The Bertz CT molecular complexity index is 3240. The van der Waals surface area contributed by atoms with Crippen LogP contribution in [0.25, 0.3) is 11.8 Å². The van der Waals surface area contributed by atoms with Gasteiger partial charge in [-0.05, 0) is 110 Å². The van der Waals surface area contributed by atoms with Gasteiger partial charge in [0.1, 0.15) is 52.9 Å². The highest BCUT2D eigenvalue weighted by Crippen LogP contribution is 2.75. The Labute approximate surface area is 465 Å². The van der Waals surface area contributed by atoms with E-state index >= 15 is 14.4 Å². The Hall–Kier alpha value is -6.44. The maximum atomic E-state index is 16.0. The minimum atomic E-state index is -2.30. The monoisotopic (exact) mass is 1100 g/mol. The molecule has 5 heterocycles. The van der Waals surface area contributed by atoms with E-state index in [2.05, 4.69) is 36.2 Å². The van der Waals surface area contributed by atoms with Gasteiger partial charge in [-0.2, -0.15) is 0 Å². The molecule has 3 saturated carbocycles. The Balaban J connectivity index is 1.17. The molecule has 17 nitrogen and oxygen atoms in total. The molecule has 0 aromatic heterocycles. The highest BCUT2D eigenvalue weighted by molar-refractivity contribution is 6.22. The predicted molar refractivity (Wildman–Crippen MR) is 293 cm³/mol. The second-order valence-corrected chi connectivity index (χ2v) is 23.9. The molecule has 13 atom stereocenters. The standard InChI is InChI=1S/C63H72N2O15/c1-31(2)13-12-24-60(8)25-23-40-52(79-60)39(21-16-32(3)4)54-46(53(40)78-58(73)35-17-19-36(20-18-35)76-59-51(70)50(69)49(68)43(30-66)77-59)63-55-44(45-47(65(63)28-27-64-63)37-14-10-11-15-38(37)48(45)67)41-29-42(33(5)6)62(55,80-54)61(74,56(41)71)26-22-34(7)57(72)75-9/h10-11,13-20,22-23,25,33,41-44,49-51,55,59,64,66,68-70,74H,12,21,24,26-30H2,1-9H3/b34-22-/t41?,42?,43-,44?,49-,50+,51-,55?,59-,60?,61?,62?,63?/m0/s1. The van der Waals surface area contributed by atoms with Gasteiger partial charge in [-0.1, -0.05) is 67.5 Å². The number of rotatable bonds is 14. The second kappa shape index (κ2) is 20.2. The molecular formula is C63H72N2O15. The number of carbonyl (C=O) groups excluding carboxylic acids is 4. The van der Waals surface area contributed by atoms with Gasteiger partial charge in [-0.3, -0.25) is 14.9 Å². The number of nitrogens with zero attached hydrogens (tertiary/aromatic N) is 1. The highest BCUT2D eigenvalue weighted by Gasteiger charge is 2.84. The number of aliphatic hydroxyl groups is 5. The largest absolute Gasteiger partial charge is 0.482 e. The van der Waals surface area contributed by atoms with Crippen molar-refractivity contribution in [2.75, 3.05) is 26.8 Å². The van der Waals surface area contributed by atoms with Gasteiger partial charge in [0.2, 0.25) is 6.29 Å². The number of ketones is 2. The van der Waals surface area contributed by atoms with Crippen LogP contribution in [0.5, 0.6) is 23.0 Å². The summed E-state index contributed by atoms with van der Waals surface area (Å²) in [4.78, 5) is 61.8. The first kappa shape index (κ1) is 55.5. The molecule has 4 aliphatic carbocycles. The summed E-state index contributed by atoms with van der Waals surface area (Å²) in [6.07, 6.45) is 3.60. The van der Waals surface area contributed by atoms with Crippen molar-refractivity contribution in [2.45, 2.75) is 141 Å². The number of methoxy groups -OCH3 is 1. The van der Waals surface area contributed by atoms with Gasteiger partial charge in [0.25, 0.3) is 0 Å². The van der Waals surface area contributed by atoms with E-state index in [1.54, 1.807) is 13.0 Å². The van der Waals surface area contributed by atoms with Crippen LogP contribution in [0.4, 0.5) is 0 Å². The molecule has 3 aromatic carbocycles. The van der Waals surface area contributed by atoms with E-state index in [0.717, 1.165) is 11.1 Å². The maximum Gasteiger partial charge on any atom is 0.343 e. The van der Waals surface area contributed by atoms with Crippen molar-refractivity contribution in [1.29, 1.82) is 0 Å². The van der Waals surface area contributed by atoms with Crippen molar-refractivity contribution < 1.29 is 73.1 Å². The Kier molecular flexibility index (Phi) is 14.0. The van der Waals surface area contributed by atoms with E-state index in [0.29, 0.717) is 77.2 Å². The molecule has 17 heteroatoms. The third-order valence-electron chi connectivity index (χ3n) is 18.2. The first-order valence-corrected chi connectivity index (χ1v) is 27.9. The van der Waals surface area contributed by atoms with Gasteiger partial charge in [0.05, 0.1) is 42.0 Å². The number of Topliss-reactive ketones (excluding diaryl/α,β-unsaturated/α-hetero) is 2. The fourth-order valence-corrected chi connectivity index (χ4v) is 14.5. The lowest BCUT2D eigenvalue weighted by molar-refractivity contribution is -0.286. The number of nitrogens with one attached hydrogen (secondary N) is 1. The van der Waals surface area contributed by atoms with Crippen molar-refractivity contribution in [2.24, 2.45) is 29.6 Å². The smallest absolute Gasteiger partial charge is 0.343 e. The van der Waals surface area contributed by atoms with E-state index < -0.39 is 101 Å². The quantitative estimate of drug-likeness (QED) is 0.0428. The topological polar surface area (TPSA) is 240 Å². The molecule has 0 radical (unpaired) electrons. The zero-order valence-electron chi connectivity index (χ0n) is 46.7. The van der Waals surface area contributed by atoms with Gasteiger partial charge in [0, 0.05) is 65.1 Å². The van der Waals surface area contributed by atoms with Crippen LogP contribution >= 0.6 is 0 Å². The van der Waals surface area contributed by atoms with Crippen molar-refractivity contribution in [3.05, 3.63) is 129 Å². The molecule has 80 heavy (non-hydrogen) atoms. The minimum Gasteiger partial charge on any atom is -0.482 e. The second-order valence-electron chi connectivity index (χ2n) is 23.9. The lowest BCUT2D eigenvalue weighted by atomic mass is 9.38. The van der Waals surface area contributed by atoms with Gasteiger partial charge in [-0.15, -0.1) is 0 Å². The van der Waals surface area contributed by atoms with Crippen LogP contribution in [-0.2, 0) is 31.1 Å². The van der Waals surface area contributed by atoms with Crippen molar-refractivity contribution in [1.82, 2.24) is 10.2 Å². The number of ether oxygens (including phenoxy) is 6. The number of fused-ring (bicyclic) bond motifs is 7. The molecule has 5 aliphatic heterocycles. The summed E-state index contributed by atoms with van der Waals surface area (Å²) in [6.45, 7) is 15.9. The summed E-state index contributed by atoms with van der Waals surface area (Å²) in [6, 6.07) is 13.3. The van der Waals surface area contributed by atoms with Crippen LogP contribution in [0.2, 0.25) is 0 Å². The van der Waals surface area contributed by atoms with Crippen molar-refractivity contribution >= 4 is 35.3 Å². The fraction of sp³-hybridized carbons (Fsp3) is 0.492. The molecule has 2 bridgehead atoms. The number of hydrogen-bond acceptors (Lipinski definition) is 17. The summed E-state index contributed by atoms with van der Waals surface area (Å²) < 4.78 is 38.8. The van der Waals surface area contributed by atoms with Crippen LogP contribution in [0.15, 0.2) is 95.1 Å². The summed E-state index contributed by atoms with van der Waals surface area (Å²) in [5, 5.41) is 59.4. The number of esters is 2. The van der Waals surface area contributed by atoms with Crippen molar-refractivity contribution in [3.8, 4) is 23.0 Å². The minimum absolute atomic E-state index is 0.0858. The third kappa shape index (κ3) is 8.19. The number of aliphatic hydroxyl groups excluding tert-OH is 4. The molecule has 6 N–H and O–H groups in total. The molecule has 5 fully saturated rings. The maximum absolute atomic E-state index is 16.0. The van der Waals surface area contributed by atoms with Crippen LogP contribution in [-0.4, -0.2) is 128 Å². The van der Waals surface area contributed by atoms with Crippen LogP contribution in [0.1, 0.15) is 124 Å². The third-order valence-corrected chi connectivity index (χ3v) is 18.2. The molecule has 2 spiro atoms. The number of carbonyl (C=O) groups is 4. The highest BCUT2D eigenvalue weighted by atomic mass is 16.7. The van der Waals surface area contributed by atoms with Gasteiger partial charge < -0.3 is 58.9 Å². The zero-order chi connectivity index (χ0) is 57.1. The molecule has 8 unspecified atom stereocenters. The van der Waals surface area contributed by atoms with E-state index in [4.69, 9.17) is 28.4 Å². The number of allylic oxidation sites excluding steroid dienone is 5.